The third kappa shape index (κ3) is 5.24. The molecule has 1 fully saturated rings. The Morgan fingerprint density at radius 2 is 1.60 bits per heavy atom. The number of hydrogen-bond acceptors (Lipinski definition) is 3. The number of hydrogen-bond donors (Lipinski definition) is 2. The van der Waals surface area contributed by atoms with E-state index in [1.54, 1.807) is 0 Å². The summed E-state index contributed by atoms with van der Waals surface area (Å²) in [6, 6.07) is 17.4. The fraction of sp³-hybridized carbons (Fsp3) is 0.381. The lowest BCUT2D eigenvalue weighted by Gasteiger charge is -2.25. The molecule has 3 rings (SSSR count). The summed E-state index contributed by atoms with van der Waals surface area (Å²) in [5, 5.41) is 6.41. The smallest absolute Gasteiger partial charge is 0.242 e. The van der Waals surface area contributed by atoms with Crippen LogP contribution in [0.15, 0.2) is 54.6 Å². The van der Waals surface area contributed by atoms with E-state index >= 15 is 0 Å². The van der Waals surface area contributed by atoms with Crippen molar-refractivity contribution in [2.45, 2.75) is 51.1 Å². The highest BCUT2D eigenvalue weighted by Crippen LogP contribution is 2.23. The molecule has 0 aromatic heterocycles. The minimum Gasteiger partial charge on any atom is -0.457 e. The van der Waals surface area contributed by atoms with Crippen molar-refractivity contribution in [3.63, 3.8) is 0 Å². The van der Waals surface area contributed by atoms with E-state index in [1.165, 1.54) is 19.3 Å². The summed E-state index contributed by atoms with van der Waals surface area (Å²) >= 11 is 0. The average Bonchev–Trinajstić information content (AvgIpc) is 2.65. The second kappa shape index (κ2) is 8.56. The molecule has 0 aliphatic heterocycles. The maximum Gasteiger partial charge on any atom is 0.242 e. The molecule has 0 bridgehead atoms. The maximum absolute atomic E-state index is 12.3. The Balaban J connectivity index is 1.50. The molecule has 0 saturated heterocycles. The van der Waals surface area contributed by atoms with Crippen LogP contribution in [0.4, 0.5) is 5.69 Å². The van der Waals surface area contributed by atoms with Crippen molar-refractivity contribution in [3.8, 4) is 11.5 Å². The van der Waals surface area contributed by atoms with Gasteiger partial charge in [0.15, 0.2) is 0 Å². The van der Waals surface area contributed by atoms with Crippen LogP contribution < -0.4 is 15.4 Å². The molecule has 4 heteroatoms. The molecule has 25 heavy (non-hydrogen) atoms. The first-order valence-electron chi connectivity index (χ1n) is 9.10. The molecule has 0 heterocycles. The Kier molecular flexibility index (Phi) is 5.94. The third-order valence-corrected chi connectivity index (χ3v) is 4.56. The van der Waals surface area contributed by atoms with Crippen LogP contribution in [-0.4, -0.2) is 18.0 Å². The van der Waals surface area contributed by atoms with E-state index in [1.807, 2.05) is 61.5 Å². The van der Waals surface area contributed by atoms with Gasteiger partial charge in [-0.2, -0.15) is 0 Å². The lowest BCUT2D eigenvalue weighted by molar-refractivity contribution is -0.122. The van der Waals surface area contributed by atoms with Crippen LogP contribution in [0.3, 0.4) is 0 Å². The Morgan fingerprint density at radius 1 is 0.960 bits per heavy atom. The summed E-state index contributed by atoms with van der Waals surface area (Å²) in [4.78, 5) is 12.3. The SMILES string of the molecule is C[C@@H](Nc1ccc(Oc2ccccc2)cc1)C(=O)NC1CCCCC1. The van der Waals surface area contributed by atoms with Crippen molar-refractivity contribution < 1.29 is 9.53 Å². The van der Waals surface area contributed by atoms with Crippen LogP contribution in [0.1, 0.15) is 39.0 Å². The number of rotatable bonds is 6. The second-order valence-electron chi connectivity index (χ2n) is 6.65. The Bertz CT molecular complexity index is 664. The van der Waals surface area contributed by atoms with Crippen molar-refractivity contribution in [1.29, 1.82) is 0 Å². The van der Waals surface area contributed by atoms with Crippen LogP contribution in [-0.2, 0) is 4.79 Å². The summed E-state index contributed by atoms with van der Waals surface area (Å²) in [5.74, 6) is 1.65. The number of amides is 1. The van der Waals surface area contributed by atoms with Crippen molar-refractivity contribution >= 4 is 11.6 Å². The van der Waals surface area contributed by atoms with Crippen molar-refractivity contribution in [3.05, 3.63) is 54.6 Å². The van der Waals surface area contributed by atoms with Gasteiger partial charge < -0.3 is 15.4 Å². The van der Waals surface area contributed by atoms with E-state index in [9.17, 15) is 4.79 Å². The number of ether oxygens (including phenoxy) is 1. The zero-order valence-electron chi connectivity index (χ0n) is 14.7. The van der Waals surface area contributed by atoms with E-state index in [0.29, 0.717) is 6.04 Å². The zero-order valence-corrected chi connectivity index (χ0v) is 14.7. The van der Waals surface area contributed by atoms with Gasteiger partial charge in [-0.25, -0.2) is 0 Å². The predicted octanol–water partition coefficient (Wildman–Crippen LogP) is 4.73. The summed E-state index contributed by atoms with van der Waals surface area (Å²) < 4.78 is 5.78. The molecule has 1 amide bonds. The predicted molar refractivity (Wildman–Crippen MR) is 101 cm³/mol. The number of carbonyl (C=O) groups excluding carboxylic acids is 1. The van der Waals surface area contributed by atoms with Gasteiger partial charge in [-0.3, -0.25) is 4.79 Å². The van der Waals surface area contributed by atoms with E-state index in [0.717, 1.165) is 30.0 Å². The van der Waals surface area contributed by atoms with Crippen molar-refractivity contribution in [2.75, 3.05) is 5.32 Å². The van der Waals surface area contributed by atoms with Crippen molar-refractivity contribution in [1.82, 2.24) is 5.32 Å². The molecule has 2 N–H and O–H groups in total. The molecule has 1 aliphatic rings. The van der Waals surface area contributed by atoms with Gasteiger partial charge in [0, 0.05) is 11.7 Å². The number of nitrogens with one attached hydrogen (secondary N) is 2. The first-order valence-corrected chi connectivity index (χ1v) is 9.10. The molecule has 0 radical (unpaired) electrons. The quantitative estimate of drug-likeness (QED) is 0.801. The molecular weight excluding hydrogens is 312 g/mol. The molecule has 0 unspecified atom stereocenters. The highest BCUT2D eigenvalue weighted by Gasteiger charge is 2.19. The maximum atomic E-state index is 12.3. The third-order valence-electron chi connectivity index (χ3n) is 4.56. The Morgan fingerprint density at radius 3 is 2.28 bits per heavy atom. The van der Waals surface area contributed by atoms with Crippen LogP contribution in [0.2, 0.25) is 0 Å². The Hall–Kier alpha value is -2.49. The zero-order chi connectivity index (χ0) is 17.5. The molecule has 2 aromatic carbocycles. The van der Waals surface area contributed by atoms with Crippen LogP contribution in [0.25, 0.3) is 0 Å². The van der Waals surface area contributed by atoms with Gasteiger partial charge in [0.25, 0.3) is 0 Å². The molecule has 132 valence electrons. The first-order chi connectivity index (χ1) is 12.2. The van der Waals surface area contributed by atoms with E-state index in [2.05, 4.69) is 10.6 Å². The largest absolute Gasteiger partial charge is 0.457 e. The van der Waals surface area contributed by atoms with Gasteiger partial charge >= 0.3 is 0 Å². The Labute approximate surface area is 149 Å². The second-order valence-corrected chi connectivity index (χ2v) is 6.65. The molecule has 1 saturated carbocycles. The number of anilines is 1. The molecule has 0 spiro atoms. The molecule has 4 nitrogen and oxygen atoms in total. The lowest BCUT2D eigenvalue weighted by atomic mass is 9.95. The standard InChI is InChI=1S/C21H26N2O2/c1-16(21(24)23-17-8-4-2-5-9-17)22-18-12-14-20(15-13-18)25-19-10-6-3-7-11-19/h3,6-7,10-17,22H,2,4-5,8-9H2,1H3,(H,23,24)/t16-/m1/s1. The monoisotopic (exact) mass is 338 g/mol. The highest BCUT2D eigenvalue weighted by molar-refractivity contribution is 5.84. The summed E-state index contributed by atoms with van der Waals surface area (Å²) in [6.45, 7) is 1.90. The van der Waals surface area contributed by atoms with E-state index in [4.69, 9.17) is 4.74 Å². The molecular formula is C21H26N2O2. The number of para-hydroxylation sites is 1. The van der Waals surface area contributed by atoms with Gasteiger partial charge in [-0.15, -0.1) is 0 Å². The normalized spacial score (nSPS) is 16.0. The summed E-state index contributed by atoms with van der Waals surface area (Å²) in [7, 11) is 0. The van der Waals surface area contributed by atoms with E-state index < -0.39 is 0 Å². The van der Waals surface area contributed by atoms with E-state index in [-0.39, 0.29) is 11.9 Å². The fourth-order valence-electron chi connectivity index (χ4n) is 3.13. The van der Waals surface area contributed by atoms with Crippen LogP contribution in [0, 0.1) is 0 Å². The minimum absolute atomic E-state index is 0.0662. The van der Waals surface area contributed by atoms with Gasteiger partial charge in [0.1, 0.15) is 17.5 Å². The molecule has 1 aliphatic carbocycles. The van der Waals surface area contributed by atoms with Gasteiger partial charge in [0.2, 0.25) is 5.91 Å². The van der Waals surface area contributed by atoms with Crippen LogP contribution >= 0.6 is 0 Å². The van der Waals surface area contributed by atoms with Crippen LogP contribution in [0.5, 0.6) is 11.5 Å². The summed E-state index contributed by atoms with van der Waals surface area (Å²) in [5.41, 5.74) is 0.909. The fourth-order valence-corrected chi connectivity index (χ4v) is 3.13. The van der Waals surface area contributed by atoms with Gasteiger partial charge in [-0.05, 0) is 56.2 Å². The highest BCUT2D eigenvalue weighted by atomic mass is 16.5. The summed E-state index contributed by atoms with van der Waals surface area (Å²) in [6.07, 6.45) is 5.93. The number of carbonyl (C=O) groups is 1. The molecule has 1 atom stereocenters. The van der Waals surface area contributed by atoms with Crippen molar-refractivity contribution in [2.24, 2.45) is 0 Å². The topological polar surface area (TPSA) is 50.4 Å². The average molecular weight is 338 g/mol. The first kappa shape index (κ1) is 17.3. The lowest BCUT2D eigenvalue weighted by Crippen LogP contribution is -2.43. The number of benzene rings is 2. The van der Waals surface area contributed by atoms with Gasteiger partial charge in [-0.1, -0.05) is 37.5 Å². The minimum atomic E-state index is -0.261. The van der Waals surface area contributed by atoms with Gasteiger partial charge in [0.05, 0.1) is 0 Å². The molecule has 2 aromatic rings.